The maximum atomic E-state index is 13.2. The number of pyridine rings is 1. The van der Waals surface area contributed by atoms with Crippen molar-refractivity contribution < 1.29 is 19.1 Å². The Morgan fingerprint density at radius 2 is 1.43 bits per heavy atom. The fourth-order valence-corrected chi connectivity index (χ4v) is 6.55. The average molecular weight is 581 g/mol. The lowest BCUT2D eigenvalue weighted by molar-refractivity contribution is -0.155. The third-order valence-electron chi connectivity index (χ3n) is 9.08. The second kappa shape index (κ2) is 17.4. The van der Waals surface area contributed by atoms with Crippen LogP contribution in [-0.2, 0) is 19.1 Å². The van der Waals surface area contributed by atoms with Gasteiger partial charge >= 0.3 is 5.97 Å². The van der Waals surface area contributed by atoms with E-state index in [-0.39, 0.29) is 36.2 Å². The summed E-state index contributed by atoms with van der Waals surface area (Å²) < 4.78 is 6.00. The number of anilines is 1. The third-order valence-corrected chi connectivity index (χ3v) is 9.08. The van der Waals surface area contributed by atoms with Crippen molar-refractivity contribution >= 4 is 23.6 Å². The number of carbonyl (C=O) groups excluding carboxylic acids is 3. The van der Waals surface area contributed by atoms with Gasteiger partial charge in [0, 0.05) is 45.3 Å². The minimum Gasteiger partial charge on any atom is -0.459 e. The molecule has 8 heteroatoms. The monoisotopic (exact) mass is 580 g/mol. The summed E-state index contributed by atoms with van der Waals surface area (Å²) in [6.07, 6.45) is 20.4. The molecule has 3 heterocycles. The Labute approximate surface area is 252 Å². The predicted octanol–water partition coefficient (Wildman–Crippen LogP) is 5.77. The highest BCUT2D eigenvalue weighted by Gasteiger charge is 2.48. The Hall–Kier alpha value is -2.74. The minimum atomic E-state index is -0.521. The standard InChI is InChI=1S/C34H52N4O4/c1-2-3-4-5-6-7-8-9-10-11-12-20-32(39)42-28(27-38-33(40)29-17-13-14-18-30(29)34(38)41)26-36-22-24-37(25-23-36)31-19-15-16-21-35-31/h13-16,19,21,28-30H,2-12,17-18,20,22-27H2,1H3/t28?,29-,30+. The predicted molar refractivity (Wildman–Crippen MR) is 166 cm³/mol. The van der Waals surface area contributed by atoms with Gasteiger partial charge in [-0.15, -0.1) is 0 Å². The molecule has 2 aliphatic heterocycles. The number of fused-ring (bicyclic) bond motifs is 1. The van der Waals surface area contributed by atoms with Crippen molar-refractivity contribution in [2.24, 2.45) is 11.8 Å². The number of likely N-dealkylation sites (tertiary alicyclic amines) is 1. The summed E-state index contributed by atoms with van der Waals surface area (Å²) in [4.78, 5) is 49.6. The molecule has 0 bridgehead atoms. The molecule has 2 fully saturated rings. The number of esters is 1. The maximum Gasteiger partial charge on any atom is 0.306 e. The molecule has 2 amide bonds. The van der Waals surface area contributed by atoms with Gasteiger partial charge < -0.3 is 9.64 Å². The molecule has 0 spiro atoms. The van der Waals surface area contributed by atoms with Crippen LogP contribution in [0.4, 0.5) is 5.82 Å². The number of unbranched alkanes of at least 4 members (excludes halogenated alkanes) is 10. The quantitative estimate of drug-likeness (QED) is 0.0944. The lowest BCUT2D eigenvalue weighted by Gasteiger charge is -2.37. The summed E-state index contributed by atoms with van der Waals surface area (Å²) in [5.74, 6) is -0.00603. The zero-order valence-electron chi connectivity index (χ0n) is 25.8. The van der Waals surface area contributed by atoms with E-state index >= 15 is 0 Å². The normalized spacial score (nSPS) is 21.5. The minimum absolute atomic E-state index is 0.110. The second-order valence-electron chi connectivity index (χ2n) is 12.3. The Morgan fingerprint density at radius 1 is 0.833 bits per heavy atom. The number of piperazine rings is 1. The molecular weight excluding hydrogens is 528 g/mol. The fraction of sp³-hybridized carbons (Fsp3) is 0.706. The van der Waals surface area contributed by atoms with E-state index in [9.17, 15) is 14.4 Å². The topological polar surface area (TPSA) is 83.1 Å². The number of aromatic nitrogens is 1. The van der Waals surface area contributed by atoms with Crippen LogP contribution in [0, 0.1) is 11.8 Å². The van der Waals surface area contributed by atoms with Crippen LogP contribution in [0.2, 0.25) is 0 Å². The molecule has 1 unspecified atom stereocenters. The number of imide groups is 1. The van der Waals surface area contributed by atoms with E-state index in [1.807, 2.05) is 36.5 Å². The molecule has 8 nitrogen and oxygen atoms in total. The number of ether oxygens (including phenoxy) is 1. The van der Waals surface area contributed by atoms with Gasteiger partial charge in [-0.25, -0.2) is 4.98 Å². The van der Waals surface area contributed by atoms with Gasteiger partial charge in [0.2, 0.25) is 11.8 Å². The van der Waals surface area contributed by atoms with E-state index in [2.05, 4.69) is 21.7 Å². The van der Waals surface area contributed by atoms with Gasteiger partial charge in [-0.3, -0.25) is 24.2 Å². The number of rotatable bonds is 18. The van der Waals surface area contributed by atoms with Crippen LogP contribution >= 0.6 is 0 Å². The van der Waals surface area contributed by atoms with Crippen molar-refractivity contribution in [2.45, 2.75) is 103 Å². The summed E-state index contributed by atoms with van der Waals surface area (Å²) in [6, 6.07) is 5.94. The fourth-order valence-electron chi connectivity index (χ4n) is 6.55. The Bertz CT molecular complexity index is 982. The molecule has 3 atom stereocenters. The molecule has 0 N–H and O–H groups in total. The summed E-state index contributed by atoms with van der Waals surface area (Å²) >= 11 is 0. The average Bonchev–Trinajstić information content (AvgIpc) is 3.25. The summed E-state index contributed by atoms with van der Waals surface area (Å²) in [6.45, 7) is 6.18. The van der Waals surface area contributed by atoms with Crippen molar-refractivity contribution in [3.8, 4) is 0 Å². The lowest BCUT2D eigenvalue weighted by Crippen LogP contribution is -2.51. The molecule has 42 heavy (non-hydrogen) atoms. The van der Waals surface area contributed by atoms with Gasteiger partial charge in [0.05, 0.1) is 18.4 Å². The first kappa shape index (κ1) is 32.2. The first-order valence-electron chi connectivity index (χ1n) is 16.6. The number of hydrogen-bond acceptors (Lipinski definition) is 7. The van der Waals surface area contributed by atoms with E-state index < -0.39 is 6.10 Å². The van der Waals surface area contributed by atoms with Crippen LogP contribution in [0.5, 0.6) is 0 Å². The van der Waals surface area contributed by atoms with Gasteiger partial charge in [-0.05, 0) is 31.4 Å². The second-order valence-corrected chi connectivity index (χ2v) is 12.3. The summed E-state index contributed by atoms with van der Waals surface area (Å²) in [5.41, 5.74) is 0. The van der Waals surface area contributed by atoms with Gasteiger partial charge in [0.15, 0.2) is 0 Å². The molecule has 0 aromatic carbocycles. The SMILES string of the molecule is CCCCCCCCCCCCCC(=O)OC(CN1CCN(c2ccccn2)CC1)CN1C(=O)[C@H]2CC=CC[C@H]2C1=O. The number of hydrogen-bond donors (Lipinski definition) is 0. The molecule has 1 aromatic rings. The van der Waals surface area contributed by atoms with Crippen molar-refractivity contribution in [3.63, 3.8) is 0 Å². The van der Waals surface area contributed by atoms with E-state index in [1.54, 1.807) is 0 Å². The van der Waals surface area contributed by atoms with Crippen LogP contribution in [-0.4, -0.2) is 77.9 Å². The van der Waals surface area contributed by atoms with Crippen LogP contribution in [0.3, 0.4) is 0 Å². The first-order chi connectivity index (χ1) is 20.6. The molecule has 3 aliphatic rings. The van der Waals surface area contributed by atoms with Gasteiger partial charge in [-0.2, -0.15) is 0 Å². The van der Waals surface area contributed by atoms with Crippen LogP contribution < -0.4 is 4.90 Å². The van der Waals surface area contributed by atoms with Crippen molar-refractivity contribution in [1.29, 1.82) is 0 Å². The molecule has 0 radical (unpaired) electrons. The Kier molecular flexibility index (Phi) is 13.3. The van der Waals surface area contributed by atoms with Gasteiger partial charge in [-0.1, -0.05) is 89.4 Å². The molecule has 1 aliphatic carbocycles. The third kappa shape index (κ3) is 9.65. The highest BCUT2D eigenvalue weighted by Crippen LogP contribution is 2.35. The van der Waals surface area contributed by atoms with Crippen molar-refractivity contribution in [1.82, 2.24) is 14.8 Å². The molecule has 4 rings (SSSR count). The molecule has 232 valence electrons. The Balaban J connectivity index is 1.23. The van der Waals surface area contributed by atoms with Crippen LogP contribution in [0.1, 0.15) is 96.8 Å². The van der Waals surface area contributed by atoms with Crippen LogP contribution in [0.15, 0.2) is 36.5 Å². The van der Waals surface area contributed by atoms with Gasteiger partial charge in [0.1, 0.15) is 11.9 Å². The van der Waals surface area contributed by atoms with Gasteiger partial charge in [0.25, 0.3) is 0 Å². The largest absolute Gasteiger partial charge is 0.459 e. The lowest BCUT2D eigenvalue weighted by atomic mass is 9.85. The van der Waals surface area contributed by atoms with E-state index in [0.717, 1.165) is 51.3 Å². The van der Waals surface area contributed by atoms with E-state index in [0.29, 0.717) is 25.8 Å². The smallest absolute Gasteiger partial charge is 0.306 e. The zero-order valence-corrected chi connectivity index (χ0v) is 25.8. The van der Waals surface area contributed by atoms with Crippen LogP contribution in [0.25, 0.3) is 0 Å². The first-order valence-corrected chi connectivity index (χ1v) is 16.6. The number of carbonyl (C=O) groups is 3. The van der Waals surface area contributed by atoms with E-state index in [1.165, 1.54) is 56.3 Å². The zero-order chi connectivity index (χ0) is 29.6. The maximum absolute atomic E-state index is 13.2. The summed E-state index contributed by atoms with van der Waals surface area (Å²) in [7, 11) is 0. The highest BCUT2D eigenvalue weighted by molar-refractivity contribution is 6.05. The van der Waals surface area contributed by atoms with Crippen molar-refractivity contribution in [2.75, 3.05) is 44.2 Å². The highest BCUT2D eigenvalue weighted by atomic mass is 16.5. The number of allylic oxidation sites excluding steroid dienone is 2. The van der Waals surface area contributed by atoms with Crippen molar-refractivity contribution in [3.05, 3.63) is 36.5 Å². The molecular formula is C34H52N4O4. The molecule has 2 saturated heterocycles. The number of amides is 2. The molecule has 0 saturated carbocycles. The Morgan fingerprint density at radius 3 is 2.00 bits per heavy atom. The van der Waals surface area contributed by atoms with E-state index in [4.69, 9.17) is 4.74 Å². The number of nitrogens with zero attached hydrogens (tertiary/aromatic N) is 4. The molecule has 1 aromatic heterocycles. The summed E-state index contributed by atoms with van der Waals surface area (Å²) in [5, 5.41) is 0.